The first kappa shape index (κ1) is 8.49. The van der Waals surface area contributed by atoms with Gasteiger partial charge in [-0.25, -0.2) is 0 Å². The molecule has 1 heterocycles. The van der Waals surface area contributed by atoms with Gasteiger partial charge in [-0.2, -0.15) is 0 Å². The van der Waals surface area contributed by atoms with Gasteiger partial charge < -0.3 is 4.90 Å². The van der Waals surface area contributed by atoms with E-state index in [2.05, 4.69) is 36.2 Å². The van der Waals surface area contributed by atoms with E-state index in [1.54, 1.807) is 11.1 Å². The Hall–Kier alpha value is -0.820. The first-order valence-electron chi connectivity index (χ1n) is 5.62. The maximum atomic E-state index is 2.53. The van der Waals surface area contributed by atoms with Gasteiger partial charge in [-0.05, 0) is 49.9 Å². The first-order valence-corrected chi connectivity index (χ1v) is 5.62. The summed E-state index contributed by atoms with van der Waals surface area (Å²) in [4.78, 5) is 2.53. The fourth-order valence-corrected chi connectivity index (χ4v) is 3.06. The van der Waals surface area contributed by atoms with Crippen LogP contribution in [0.4, 0.5) is 0 Å². The zero-order valence-electron chi connectivity index (χ0n) is 8.74. The van der Waals surface area contributed by atoms with Crippen molar-refractivity contribution in [2.45, 2.75) is 31.2 Å². The number of rotatable bonds is 0. The van der Waals surface area contributed by atoms with Crippen molar-refractivity contribution >= 4 is 0 Å². The van der Waals surface area contributed by atoms with Gasteiger partial charge in [0, 0.05) is 6.04 Å². The third-order valence-electron chi connectivity index (χ3n) is 3.96. The fourth-order valence-electron chi connectivity index (χ4n) is 3.06. The molecule has 1 aliphatic heterocycles. The predicted octanol–water partition coefficient (Wildman–Crippen LogP) is 2.42. The van der Waals surface area contributed by atoms with Gasteiger partial charge in [-0.1, -0.05) is 24.3 Å². The first-order chi connectivity index (χ1) is 6.84. The molecule has 2 atom stereocenters. The summed E-state index contributed by atoms with van der Waals surface area (Å²) in [5.74, 6) is 0.848. The van der Waals surface area contributed by atoms with Crippen LogP contribution >= 0.6 is 0 Å². The Bertz CT molecular complexity index is 345. The van der Waals surface area contributed by atoms with Crippen molar-refractivity contribution in [2.75, 3.05) is 13.6 Å². The summed E-state index contributed by atoms with van der Waals surface area (Å²) in [6, 6.07) is 9.83. The molecule has 1 nitrogen and oxygen atoms in total. The monoisotopic (exact) mass is 187 g/mol. The molecule has 1 heteroatoms. The quantitative estimate of drug-likeness (QED) is 0.603. The Morgan fingerprint density at radius 2 is 2.14 bits per heavy atom. The summed E-state index contributed by atoms with van der Waals surface area (Å²) in [7, 11) is 2.27. The lowest BCUT2D eigenvalue weighted by Gasteiger charge is -2.42. The molecule has 0 unspecified atom stereocenters. The van der Waals surface area contributed by atoms with Crippen LogP contribution in [0.25, 0.3) is 0 Å². The molecule has 1 aliphatic carbocycles. The Morgan fingerprint density at radius 1 is 1.29 bits per heavy atom. The second-order valence-electron chi connectivity index (χ2n) is 4.76. The molecule has 14 heavy (non-hydrogen) atoms. The molecule has 0 amide bonds. The third-order valence-corrected chi connectivity index (χ3v) is 3.96. The highest BCUT2D eigenvalue weighted by atomic mass is 15.1. The van der Waals surface area contributed by atoms with E-state index in [4.69, 9.17) is 0 Å². The fraction of sp³-hybridized carbons (Fsp3) is 0.538. The summed E-state index contributed by atoms with van der Waals surface area (Å²) >= 11 is 0. The SMILES string of the molecule is CN1CC[C@H]2C[C@H]1Cc1ccccc12. The van der Waals surface area contributed by atoms with Crippen LogP contribution in [0.2, 0.25) is 0 Å². The van der Waals surface area contributed by atoms with Crippen LogP contribution in [0.1, 0.15) is 29.9 Å². The molecule has 0 spiro atoms. The zero-order valence-corrected chi connectivity index (χ0v) is 8.74. The number of likely N-dealkylation sites (tertiary alicyclic amines) is 1. The Balaban J connectivity index is 2.02. The van der Waals surface area contributed by atoms with E-state index < -0.39 is 0 Å². The van der Waals surface area contributed by atoms with Gasteiger partial charge >= 0.3 is 0 Å². The second-order valence-corrected chi connectivity index (χ2v) is 4.76. The van der Waals surface area contributed by atoms with Crippen molar-refractivity contribution < 1.29 is 0 Å². The normalized spacial score (nSPS) is 31.2. The smallest absolute Gasteiger partial charge is 0.0138 e. The number of piperidine rings is 1. The summed E-state index contributed by atoms with van der Waals surface area (Å²) in [5, 5.41) is 0. The van der Waals surface area contributed by atoms with Gasteiger partial charge in [0.2, 0.25) is 0 Å². The summed E-state index contributed by atoms with van der Waals surface area (Å²) in [6.45, 7) is 1.28. The van der Waals surface area contributed by atoms with Gasteiger partial charge in [0.1, 0.15) is 0 Å². The van der Waals surface area contributed by atoms with E-state index in [-0.39, 0.29) is 0 Å². The Morgan fingerprint density at radius 3 is 3.07 bits per heavy atom. The largest absolute Gasteiger partial charge is 0.303 e. The summed E-state index contributed by atoms with van der Waals surface area (Å²) in [6.07, 6.45) is 4.00. The highest BCUT2D eigenvalue weighted by Gasteiger charge is 2.32. The number of hydrogen-bond acceptors (Lipinski definition) is 1. The van der Waals surface area contributed by atoms with E-state index in [0.29, 0.717) is 0 Å². The lowest BCUT2D eigenvalue weighted by Crippen LogP contribution is -2.43. The Labute approximate surface area is 85.7 Å². The zero-order chi connectivity index (χ0) is 9.54. The van der Waals surface area contributed by atoms with Crippen molar-refractivity contribution in [1.82, 2.24) is 4.90 Å². The molecular formula is C13H17N. The molecule has 0 saturated carbocycles. The average Bonchev–Trinajstić information content (AvgIpc) is 2.24. The van der Waals surface area contributed by atoms with Crippen LogP contribution in [0.15, 0.2) is 24.3 Å². The number of hydrogen-bond donors (Lipinski definition) is 0. The molecule has 3 rings (SSSR count). The van der Waals surface area contributed by atoms with Crippen LogP contribution in [-0.2, 0) is 6.42 Å². The number of likely N-dealkylation sites (N-methyl/N-ethyl adjacent to an activating group) is 1. The second kappa shape index (κ2) is 3.09. The average molecular weight is 187 g/mol. The molecule has 1 aromatic carbocycles. The molecular weight excluding hydrogens is 170 g/mol. The maximum Gasteiger partial charge on any atom is 0.0138 e. The highest BCUT2D eigenvalue weighted by Crippen LogP contribution is 2.38. The van der Waals surface area contributed by atoms with Gasteiger partial charge in [-0.3, -0.25) is 0 Å². The molecule has 1 saturated heterocycles. The highest BCUT2D eigenvalue weighted by molar-refractivity contribution is 5.34. The number of benzene rings is 1. The third kappa shape index (κ3) is 1.19. The minimum absolute atomic E-state index is 0.809. The van der Waals surface area contributed by atoms with Gasteiger partial charge in [0.25, 0.3) is 0 Å². The molecule has 2 bridgehead atoms. The lowest BCUT2D eigenvalue weighted by atomic mass is 9.75. The summed E-state index contributed by atoms with van der Waals surface area (Å²) in [5.41, 5.74) is 3.23. The van der Waals surface area contributed by atoms with Crippen LogP contribution in [-0.4, -0.2) is 24.5 Å². The van der Waals surface area contributed by atoms with Gasteiger partial charge in [-0.15, -0.1) is 0 Å². The van der Waals surface area contributed by atoms with Crippen molar-refractivity contribution in [1.29, 1.82) is 0 Å². The van der Waals surface area contributed by atoms with E-state index in [9.17, 15) is 0 Å². The van der Waals surface area contributed by atoms with Crippen LogP contribution < -0.4 is 0 Å². The lowest BCUT2D eigenvalue weighted by molar-refractivity contribution is 0.157. The minimum Gasteiger partial charge on any atom is -0.303 e. The van der Waals surface area contributed by atoms with Crippen LogP contribution in [0.3, 0.4) is 0 Å². The number of nitrogens with zero attached hydrogens (tertiary/aromatic N) is 1. The minimum atomic E-state index is 0.809. The van der Waals surface area contributed by atoms with Crippen molar-refractivity contribution in [3.05, 3.63) is 35.4 Å². The molecule has 74 valence electrons. The van der Waals surface area contributed by atoms with Crippen LogP contribution in [0.5, 0.6) is 0 Å². The topological polar surface area (TPSA) is 3.24 Å². The predicted molar refractivity (Wildman–Crippen MR) is 58.5 cm³/mol. The molecule has 0 N–H and O–H groups in total. The molecule has 1 fully saturated rings. The Kier molecular flexibility index (Phi) is 1.88. The number of fused-ring (bicyclic) bond motifs is 4. The van der Waals surface area contributed by atoms with Crippen molar-refractivity contribution in [2.24, 2.45) is 0 Å². The van der Waals surface area contributed by atoms with Crippen molar-refractivity contribution in [3.63, 3.8) is 0 Å². The van der Waals surface area contributed by atoms with Gasteiger partial charge in [0.15, 0.2) is 0 Å². The van der Waals surface area contributed by atoms with Crippen LogP contribution in [0, 0.1) is 0 Å². The molecule has 0 aromatic heterocycles. The van der Waals surface area contributed by atoms with E-state index in [0.717, 1.165) is 12.0 Å². The standard InChI is InChI=1S/C13H17N/c1-14-7-6-11-9-12(14)8-10-4-2-3-5-13(10)11/h2-5,11-12H,6-9H2,1H3/t11-,12+/m0/s1. The van der Waals surface area contributed by atoms with E-state index in [1.165, 1.54) is 25.8 Å². The maximum absolute atomic E-state index is 2.53. The van der Waals surface area contributed by atoms with Gasteiger partial charge in [0.05, 0.1) is 0 Å². The molecule has 2 aliphatic rings. The van der Waals surface area contributed by atoms with E-state index in [1.807, 2.05) is 0 Å². The molecule has 1 aromatic rings. The summed E-state index contributed by atoms with van der Waals surface area (Å²) < 4.78 is 0. The molecule has 0 radical (unpaired) electrons. The van der Waals surface area contributed by atoms with E-state index >= 15 is 0 Å². The van der Waals surface area contributed by atoms with Crippen molar-refractivity contribution in [3.8, 4) is 0 Å².